The van der Waals surface area contributed by atoms with Gasteiger partial charge in [-0.2, -0.15) is 0 Å². The summed E-state index contributed by atoms with van der Waals surface area (Å²) in [5, 5.41) is 4.57. The largest absolute Gasteiger partial charge is 0.378 e. The first-order chi connectivity index (χ1) is 9.25. The van der Waals surface area contributed by atoms with Gasteiger partial charge in [-0.25, -0.2) is 4.98 Å². The van der Waals surface area contributed by atoms with Crippen LogP contribution in [0.3, 0.4) is 0 Å². The van der Waals surface area contributed by atoms with Gasteiger partial charge in [-0.15, -0.1) is 11.3 Å². The molecular formula is C14H24N2O2S. The molecule has 1 heterocycles. The summed E-state index contributed by atoms with van der Waals surface area (Å²) in [5.41, 5.74) is 0.949. The van der Waals surface area contributed by atoms with Crippen LogP contribution < -0.4 is 5.32 Å². The van der Waals surface area contributed by atoms with Crippen LogP contribution in [0.1, 0.15) is 48.2 Å². The van der Waals surface area contributed by atoms with Crippen molar-refractivity contribution in [2.24, 2.45) is 0 Å². The molecule has 108 valence electrons. The van der Waals surface area contributed by atoms with Gasteiger partial charge in [0.2, 0.25) is 0 Å². The standard InChI is InChI=1S/C14H24N2O2S/c1-4-8-15-9-12-11(10-17-2)16-13(19-12)14(18-3)6-5-7-14/h15H,4-10H2,1-3H3. The van der Waals surface area contributed by atoms with Gasteiger partial charge in [-0.1, -0.05) is 6.92 Å². The second-order valence-corrected chi connectivity index (χ2v) is 6.13. The van der Waals surface area contributed by atoms with E-state index in [4.69, 9.17) is 14.5 Å². The lowest BCUT2D eigenvalue weighted by molar-refractivity contribution is -0.0781. The van der Waals surface area contributed by atoms with Gasteiger partial charge in [0, 0.05) is 25.6 Å². The average molecular weight is 284 g/mol. The zero-order valence-corrected chi connectivity index (χ0v) is 12.9. The van der Waals surface area contributed by atoms with Crippen molar-refractivity contribution in [2.75, 3.05) is 20.8 Å². The van der Waals surface area contributed by atoms with Gasteiger partial charge >= 0.3 is 0 Å². The topological polar surface area (TPSA) is 43.4 Å². The molecule has 1 aliphatic rings. The van der Waals surface area contributed by atoms with Gasteiger partial charge in [0.1, 0.15) is 10.6 Å². The van der Waals surface area contributed by atoms with Gasteiger partial charge in [-0.3, -0.25) is 0 Å². The maximum absolute atomic E-state index is 5.72. The molecule has 0 radical (unpaired) electrons. The van der Waals surface area contributed by atoms with E-state index >= 15 is 0 Å². The highest BCUT2D eigenvalue weighted by molar-refractivity contribution is 7.11. The van der Waals surface area contributed by atoms with E-state index in [-0.39, 0.29) is 5.60 Å². The lowest BCUT2D eigenvalue weighted by Crippen LogP contribution is -2.35. The third-order valence-corrected chi connectivity index (χ3v) is 5.00. The molecule has 0 bridgehead atoms. The van der Waals surface area contributed by atoms with E-state index in [0.29, 0.717) is 6.61 Å². The van der Waals surface area contributed by atoms with Crippen molar-refractivity contribution < 1.29 is 9.47 Å². The van der Waals surface area contributed by atoms with Crippen LogP contribution in [-0.2, 0) is 28.2 Å². The highest BCUT2D eigenvalue weighted by Gasteiger charge is 2.42. The van der Waals surface area contributed by atoms with Crippen molar-refractivity contribution in [1.29, 1.82) is 0 Å². The van der Waals surface area contributed by atoms with Crippen LogP contribution in [-0.4, -0.2) is 25.7 Å². The van der Waals surface area contributed by atoms with Gasteiger partial charge < -0.3 is 14.8 Å². The molecule has 0 saturated heterocycles. The van der Waals surface area contributed by atoms with Crippen LogP contribution in [0.5, 0.6) is 0 Å². The number of hydrogen-bond donors (Lipinski definition) is 1. The minimum atomic E-state index is -0.115. The number of methoxy groups -OCH3 is 2. The van der Waals surface area contributed by atoms with E-state index in [9.17, 15) is 0 Å². The smallest absolute Gasteiger partial charge is 0.125 e. The Morgan fingerprint density at radius 1 is 1.37 bits per heavy atom. The SMILES string of the molecule is CCCNCc1sc(C2(OC)CCC2)nc1COC. The Labute approximate surface area is 119 Å². The quantitative estimate of drug-likeness (QED) is 0.746. The Morgan fingerprint density at radius 2 is 2.16 bits per heavy atom. The zero-order chi connectivity index (χ0) is 13.7. The van der Waals surface area contributed by atoms with Crippen LogP contribution >= 0.6 is 11.3 Å². The molecule has 0 spiro atoms. The maximum Gasteiger partial charge on any atom is 0.125 e. The van der Waals surface area contributed by atoms with Crippen molar-refractivity contribution in [2.45, 2.75) is 51.4 Å². The van der Waals surface area contributed by atoms with Crippen molar-refractivity contribution in [3.8, 4) is 0 Å². The third kappa shape index (κ3) is 3.16. The van der Waals surface area contributed by atoms with Crippen molar-refractivity contribution in [3.63, 3.8) is 0 Å². The fraction of sp³-hybridized carbons (Fsp3) is 0.786. The molecule has 1 N–H and O–H groups in total. The zero-order valence-electron chi connectivity index (χ0n) is 12.1. The molecule has 19 heavy (non-hydrogen) atoms. The molecule has 1 fully saturated rings. The van der Waals surface area contributed by atoms with E-state index in [1.807, 2.05) is 0 Å². The summed E-state index contributed by atoms with van der Waals surface area (Å²) < 4.78 is 11.0. The monoisotopic (exact) mass is 284 g/mol. The van der Waals surface area contributed by atoms with Crippen LogP contribution in [0.25, 0.3) is 0 Å². The molecule has 0 amide bonds. The van der Waals surface area contributed by atoms with E-state index in [1.54, 1.807) is 25.6 Å². The fourth-order valence-corrected chi connectivity index (χ4v) is 3.61. The van der Waals surface area contributed by atoms with Gasteiger partial charge in [0.15, 0.2) is 0 Å². The molecule has 5 heteroatoms. The number of ether oxygens (including phenoxy) is 2. The van der Waals surface area contributed by atoms with E-state index in [0.717, 1.165) is 43.1 Å². The number of aromatic nitrogens is 1. The molecule has 1 saturated carbocycles. The normalized spacial score (nSPS) is 17.4. The van der Waals surface area contributed by atoms with Crippen LogP contribution in [0.4, 0.5) is 0 Å². The minimum absolute atomic E-state index is 0.115. The van der Waals surface area contributed by atoms with Crippen molar-refractivity contribution in [3.05, 3.63) is 15.6 Å². The number of nitrogens with zero attached hydrogens (tertiary/aromatic N) is 1. The maximum atomic E-state index is 5.72. The summed E-state index contributed by atoms with van der Waals surface area (Å²) in [4.78, 5) is 6.06. The second kappa shape index (κ2) is 6.79. The molecule has 2 rings (SSSR count). The molecule has 0 aliphatic heterocycles. The summed E-state index contributed by atoms with van der Waals surface area (Å²) in [6.45, 7) is 4.67. The minimum Gasteiger partial charge on any atom is -0.378 e. The van der Waals surface area contributed by atoms with Crippen LogP contribution in [0.15, 0.2) is 0 Å². The molecule has 0 aromatic carbocycles. The van der Waals surface area contributed by atoms with Gasteiger partial charge in [0.25, 0.3) is 0 Å². The predicted molar refractivity (Wildman–Crippen MR) is 77.4 cm³/mol. The van der Waals surface area contributed by atoms with E-state index in [1.165, 1.54) is 11.3 Å². The number of hydrogen-bond acceptors (Lipinski definition) is 5. The number of nitrogens with one attached hydrogen (secondary N) is 1. The van der Waals surface area contributed by atoms with E-state index < -0.39 is 0 Å². The Hall–Kier alpha value is -0.490. The van der Waals surface area contributed by atoms with Crippen LogP contribution in [0.2, 0.25) is 0 Å². The molecule has 1 aliphatic carbocycles. The Balaban J connectivity index is 2.14. The Morgan fingerprint density at radius 3 is 2.68 bits per heavy atom. The third-order valence-electron chi connectivity index (χ3n) is 3.71. The summed E-state index contributed by atoms with van der Waals surface area (Å²) >= 11 is 1.78. The average Bonchev–Trinajstić information content (AvgIpc) is 2.73. The summed E-state index contributed by atoms with van der Waals surface area (Å²) in [7, 11) is 3.52. The van der Waals surface area contributed by atoms with Crippen LogP contribution in [0, 0.1) is 0 Å². The highest BCUT2D eigenvalue weighted by Crippen LogP contribution is 2.46. The lowest BCUT2D eigenvalue weighted by Gasteiger charge is -2.38. The highest BCUT2D eigenvalue weighted by atomic mass is 32.1. The molecule has 0 unspecified atom stereocenters. The van der Waals surface area contributed by atoms with E-state index in [2.05, 4.69) is 12.2 Å². The molecule has 1 aromatic heterocycles. The first kappa shape index (κ1) is 14.9. The first-order valence-corrected chi connectivity index (χ1v) is 7.81. The summed E-state index contributed by atoms with van der Waals surface area (Å²) in [6.07, 6.45) is 4.56. The van der Waals surface area contributed by atoms with Gasteiger partial charge in [-0.05, 0) is 32.2 Å². The molecule has 1 aromatic rings. The fourth-order valence-electron chi connectivity index (χ4n) is 2.35. The number of thiazole rings is 1. The summed E-state index contributed by atoms with van der Waals surface area (Å²) in [6, 6.07) is 0. The van der Waals surface area contributed by atoms with Crippen molar-refractivity contribution >= 4 is 11.3 Å². The first-order valence-electron chi connectivity index (χ1n) is 6.99. The second-order valence-electron chi connectivity index (χ2n) is 5.05. The van der Waals surface area contributed by atoms with Gasteiger partial charge in [0.05, 0.1) is 12.3 Å². The Bertz CT molecular complexity index is 397. The predicted octanol–water partition coefficient (Wildman–Crippen LogP) is 2.81. The molecule has 4 nitrogen and oxygen atoms in total. The summed E-state index contributed by atoms with van der Waals surface area (Å²) in [5.74, 6) is 0. The molecule has 0 atom stereocenters. The molecular weight excluding hydrogens is 260 g/mol. The number of rotatable bonds is 8. The van der Waals surface area contributed by atoms with Crippen molar-refractivity contribution in [1.82, 2.24) is 10.3 Å². The Kier molecular flexibility index (Phi) is 5.33. The lowest BCUT2D eigenvalue weighted by atomic mass is 9.80.